The Morgan fingerprint density at radius 1 is 1.07 bits per heavy atom. The Morgan fingerprint density at radius 2 is 1.76 bits per heavy atom. The van der Waals surface area contributed by atoms with Crippen molar-refractivity contribution in [3.05, 3.63) is 22.8 Å². The van der Waals surface area contributed by atoms with Crippen LogP contribution in [0.25, 0.3) is 0 Å². The molecule has 1 aromatic rings. The third-order valence-electron chi connectivity index (χ3n) is 6.42. The number of hydrogen-bond donors (Lipinski definition) is 1. The van der Waals surface area contributed by atoms with E-state index in [1.807, 2.05) is 25.7 Å². The molecule has 2 amide bonds. The van der Waals surface area contributed by atoms with Gasteiger partial charge in [0, 0.05) is 48.9 Å². The van der Waals surface area contributed by atoms with Crippen LogP contribution in [0.5, 0.6) is 0 Å². The first-order valence-electron chi connectivity index (χ1n) is 11.4. The maximum Gasteiger partial charge on any atom is 0.224 e. The van der Waals surface area contributed by atoms with Crippen LogP contribution in [-0.4, -0.2) is 46.3 Å². The summed E-state index contributed by atoms with van der Waals surface area (Å²) >= 11 is 0. The maximum atomic E-state index is 12.8. The summed E-state index contributed by atoms with van der Waals surface area (Å²) in [5, 5.41) is 2.92. The van der Waals surface area contributed by atoms with Crippen LogP contribution in [0.2, 0.25) is 0 Å². The first kappa shape index (κ1) is 21.7. The molecule has 0 bridgehead atoms. The van der Waals surface area contributed by atoms with Crippen LogP contribution in [0.3, 0.4) is 0 Å². The first-order valence-corrected chi connectivity index (χ1v) is 11.4. The van der Waals surface area contributed by atoms with Gasteiger partial charge in [-0.25, -0.2) is 9.97 Å². The monoisotopic (exact) mass is 400 g/mol. The highest BCUT2D eigenvalue weighted by Crippen LogP contribution is 2.30. The molecule has 6 nitrogen and oxygen atoms in total. The molecule has 6 heteroatoms. The van der Waals surface area contributed by atoms with Crippen molar-refractivity contribution in [3.63, 3.8) is 0 Å². The van der Waals surface area contributed by atoms with Gasteiger partial charge in [0.1, 0.15) is 5.82 Å². The van der Waals surface area contributed by atoms with Crippen molar-refractivity contribution < 1.29 is 9.59 Å². The predicted octanol–water partition coefficient (Wildman–Crippen LogP) is 3.45. The van der Waals surface area contributed by atoms with Gasteiger partial charge in [-0.05, 0) is 51.9 Å². The summed E-state index contributed by atoms with van der Waals surface area (Å²) in [6.45, 7) is 8.25. The van der Waals surface area contributed by atoms with Gasteiger partial charge in [0.15, 0.2) is 0 Å². The first-order chi connectivity index (χ1) is 14.0. The van der Waals surface area contributed by atoms with E-state index in [4.69, 9.17) is 9.97 Å². The summed E-state index contributed by atoms with van der Waals surface area (Å²) < 4.78 is 0. The highest BCUT2D eigenvalue weighted by Gasteiger charge is 2.29. The van der Waals surface area contributed by atoms with E-state index in [2.05, 4.69) is 5.32 Å². The maximum absolute atomic E-state index is 12.8. The lowest BCUT2D eigenvalue weighted by molar-refractivity contribution is -0.133. The molecule has 1 aromatic heterocycles. The third kappa shape index (κ3) is 5.77. The van der Waals surface area contributed by atoms with E-state index in [0.717, 1.165) is 55.1 Å². The summed E-state index contributed by atoms with van der Waals surface area (Å²) in [5.74, 6) is 1.93. The number of carbonyl (C=O) groups is 2. The van der Waals surface area contributed by atoms with Gasteiger partial charge in [-0.15, -0.1) is 0 Å². The van der Waals surface area contributed by atoms with Crippen LogP contribution in [-0.2, 0) is 16.0 Å². The minimum absolute atomic E-state index is 0.0238. The zero-order chi connectivity index (χ0) is 20.8. The molecule has 3 rings (SSSR count). The zero-order valence-electron chi connectivity index (χ0n) is 18.3. The van der Waals surface area contributed by atoms with Gasteiger partial charge in [0.05, 0.1) is 6.42 Å². The second kappa shape index (κ2) is 10.2. The third-order valence-corrected chi connectivity index (χ3v) is 6.42. The molecule has 1 aliphatic carbocycles. The predicted molar refractivity (Wildman–Crippen MR) is 114 cm³/mol. The molecular formula is C23H36N4O2. The average molecular weight is 401 g/mol. The molecule has 0 spiro atoms. The summed E-state index contributed by atoms with van der Waals surface area (Å²) in [5.41, 5.74) is 2.69. The van der Waals surface area contributed by atoms with Gasteiger partial charge in [-0.3, -0.25) is 9.59 Å². The molecule has 1 atom stereocenters. The Balaban J connectivity index is 1.64. The van der Waals surface area contributed by atoms with Crippen LogP contribution in [0.15, 0.2) is 0 Å². The Morgan fingerprint density at radius 3 is 2.41 bits per heavy atom. The number of rotatable bonds is 7. The standard InChI is InChI=1S/C23H36N4O2/c1-4-11-24-21(28)14-20-16(2)25-23(26-17(20)3)19-10-7-12-27(15-19)22(29)13-18-8-5-6-9-18/h18-19H,4-15H2,1-3H3,(H,24,28)/t19-/m1/s1. The number of nitrogens with one attached hydrogen (secondary N) is 1. The van der Waals surface area contributed by atoms with Crippen molar-refractivity contribution in [3.8, 4) is 0 Å². The largest absolute Gasteiger partial charge is 0.356 e. The van der Waals surface area contributed by atoms with Gasteiger partial charge in [-0.2, -0.15) is 0 Å². The Labute approximate surface area is 174 Å². The van der Waals surface area contributed by atoms with Crippen LogP contribution in [0, 0.1) is 19.8 Å². The van der Waals surface area contributed by atoms with E-state index < -0.39 is 0 Å². The number of hydrogen-bond acceptors (Lipinski definition) is 4. The minimum atomic E-state index is 0.0238. The second-order valence-electron chi connectivity index (χ2n) is 8.79. The van der Waals surface area contributed by atoms with Crippen molar-refractivity contribution in [1.29, 1.82) is 0 Å². The van der Waals surface area contributed by atoms with E-state index in [1.165, 1.54) is 25.7 Å². The lowest BCUT2D eigenvalue weighted by Gasteiger charge is -2.33. The quantitative estimate of drug-likeness (QED) is 0.761. The minimum Gasteiger partial charge on any atom is -0.356 e. The van der Waals surface area contributed by atoms with Gasteiger partial charge >= 0.3 is 0 Å². The molecule has 1 saturated heterocycles. The highest BCUT2D eigenvalue weighted by atomic mass is 16.2. The molecule has 2 aliphatic rings. The normalized spacial score (nSPS) is 20.1. The van der Waals surface area contributed by atoms with Crippen molar-refractivity contribution in [2.45, 2.75) is 84.5 Å². The summed E-state index contributed by atoms with van der Waals surface area (Å²) in [4.78, 5) is 36.4. The van der Waals surface area contributed by atoms with E-state index >= 15 is 0 Å². The van der Waals surface area contributed by atoms with Gasteiger partial charge < -0.3 is 10.2 Å². The lowest BCUT2D eigenvalue weighted by atomic mass is 9.95. The average Bonchev–Trinajstić information content (AvgIpc) is 3.22. The number of carbonyl (C=O) groups excluding carboxylic acids is 2. The van der Waals surface area contributed by atoms with E-state index in [9.17, 15) is 9.59 Å². The molecule has 1 saturated carbocycles. The zero-order valence-corrected chi connectivity index (χ0v) is 18.3. The van der Waals surface area contributed by atoms with Gasteiger partial charge in [-0.1, -0.05) is 19.8 Å². The number of amides is 2. The van der Waals surface area contributed by atoms with E-state index in [-0.39, 0.29) is 11.8 Å². The number of aromatic nitrogens is 2. The topological polar surface area (TPSA) is 75.2 Å². The summed E-state index contributed by atoms with van der Waals surface area (Å²) in [6.07, 6.45) is 8.94. The fourth-order valence-electron chi connectivity index (χ4n) is 4.70. The fourth-order valence-corrected chi connectivity index (χ4v) is 4.70. The van der Waals surface area contributed by atoms with Gasteiger partial charge in [0.25, 0.3) is 0 Å². The summed E-state index contributed by atoms with van der Waals surface area (Å²) in [6, 6.07) is 0. The molecule has 2 fully saturated rings. The highest BCUT2D eigenvalue weighted by molar-refractivity contribution is 5.79. The fraction of sp³-hybridized carbons (Fsp3) is 0.739. The number of piperidine rings is 1. The smallest absolute Gasteiger partial charge is 0.224 e. The Hall–Kier alpha value is -1.98. The lowest BCUT2D eigenvalue weighted by Crippen LogP contribution is -2.40. The molecule has 0 radical (unpaired) electrons. The van der Waals surface area contributed by atoms with Crippen LogP contribution in [0.4, 0.5) is 0 Å². The summed E-state index contributed by atoms with van der Waals surface area (Å²) in [7, 11) is 0. The molecule has 0 unspecified atom stereocenters. The van der Waals surface area contributed by atoms with E-state index in [0.29, 0.717) is 31.2 Å². The van der Waals surface area contributed by atoms with Crippen LogP contribution >= 0.6 is 0 Å². The molecule has 160 valence electrons. The molecular weight excluding hydrogens is 364 g/mol. The van der Waals surface area contributed by atoms with Crippen molar-refractivity contribution in [1.82, 2.24) is 20.2 Å². The van der Waals surface area contributed by atoms with Crippen molar-refractivity contribution >= 4 is 11.8 Å². The van der Waals surface area contributed by atoms with Crippen molar-refractivity contribution in [2.24, 2.45) is 5.92 Å². The van der Waals surface area contributed by atoms with Crippen LogP contribution in [0.1, 0.15) is 87.0 Å². The van der Waals surface area contributed by atoms with Gasteiger partial charge in [0.2, 0.25) is 11.8 Å². The van der Waals surface area contributed by atoms with Crippen molar-refractivity contribution in [2.75, 3.05) is 19.6 Å². The molecule has 0 aromatic carbocycles. The molecule has 2 heterocycles. The number of aryl methyl sites for hydroxylation is 2. The molecule has 1 N–H and O–H groups in total. The Kier molecular flexibility index (Phi) is 7.62. The molecule has 29 heavy (non-hydrogen) atoms. The number of likely N-dealkylation sites (tertiary alicyclic amines) is 1. The molecule has 1 aliphatic heterocycles. The Bertz CT molecular complexity index is 705. The second-order valence-corrected chi connectivity index (χ2v) is 8.79. The number of nitrogens with zero attached hydrogens (tertiary/aromatic N) is 3. The SMILES string of the molecule is CCCNC(=O)Cc1c(C)nc([C@@H]2CCCN(C(=O)CC3CCCC3)C2)nc1C. The van der Waals surface area contributed by atoms with Crippen LogP contribution < -0.4 is 5.32 Å². The van der Waals surface area contributed by atoms with E-state index in [1.54, 1.807) is 0 Å².